The first kappa shape index (κ1) is 17.9. The molecule has 140 valence electrons. The van der Waals surface area contributed by atoms with Crippen LogP contribution in [0.4, 0.5) is 5.00 Å². The lowest BCUT2D eigenvalue weighted by Crippen LogP contribution is -2.22. The number of aromatic nitrogens is 2. The molecule has 2 aromatic heterocycles. The summed E-state index contributed by atoms with van der Waals surface area (Å²) in [5.74, 6) is -0.742. The van der Waals surface area contributed by atoms with Gasteiger partial charge in [-0.3, -0.25) is 4.79 Å². The third-order valence-electron chi connectivity index (χ3n) is 4.31. The molecule has 0 radical (unpaired) electrons. The van der Waals surface area contributed by atoms with Gasteiger partial charge in [0.05, 0.1) is 16.9 Å². The molecule has 1 saturated carbocycles. The largest absolute Gasteiger partial charge is 0.451 e. The third-order valence-corrected chi connectivity index (χ3v) is 5.14. The van der Waals surface area contributed by atoms with Crippen LogP contribution in [0.25, 0.3) is 5.69 Å². The summed E-state index contributed by atoms with van der Waals surface area (Å²) in [5, 5.41) is 18.3. The number of benzene rings is 1. The lowest BCUT2D eigenvalue weighted by molar-refractivity contribution is -0.119. The van der Waals surface area contributed by atoms with Crippen LogP contribution in [0.3, 0.4) is 0 Å². The van der Waals surface area contributed by atoms with Gasteiger partial charge in [0.1, 0.15) is 11.1 Å². The molecule has 0 atom stereocenters. The highest BCUT2D eigenvalue weighted by Gasteiger charge is 2.29. The number of carbonyl (C=O) groups is 2. The monoisotopic (exact) mass is 392 g/mol. The zero-order chi connectivity index (χ0) is 19.5. The number of hydrogen-bond donors (Lipinski definition) is 1. The fraction of sp³-hybridized carbons (Fsp3) is 0.200. The van der Waals surface area contributed by atoms with Crippen LogP contribution in [-0.2, 0) is 9.53 Å². The number of amides is 1. The molecule has 2 heterocycles. The quantitative estimate of drug-likeness (QED) is 0.648. The molecule has 3 aromatic rings. The molecule has 1 N–H and O–H groups in total. The SMILES string of the molecule is N#Cc1ccsc1NC(=O)COC(=O)c1cc(C2CC2)nn1-c1ccccc1. The summed E-state index contributed by atoms with van der Waals surface area (Å²) in [6.45, 7) is -0.444. The van der Waals surface area contributed by atoms with E-state index < -0.39 is 18.5 Å². The van der Waals surface area contributed by atoms with E-state index in [2.05, 4.69) is 10.4 Å². The van der Waals surface area contributed by atoms with E-state index in [9.17, 15) is 9.59 Å². The molecule has 4 rings (SSSR count). The maximum Gasteiger partial charge on any atom is 0.357 e. The van der Waals surface area contributed by atoms with E-state index in [0.29, 0.717) is 16.5 Å². The Balaban J connectivity index is 1.47. The number of esters is 1. The van der Waals surface area contributed by atoms with E-state index in [1.807, 2.05) is 36.4 Å². The van der Waals surface area contributed by atoms with Gasteiger partial charge in [0.2, 0.25) is 0 Å². The molecule has 1 fully saturated rings. The van der Waals surface area contributed by atoms with E-state index >= 15 is 0 Å². The van der Waals surface area contributed by atoms with Crippen molar-refractivity contribution in [1.29, 1.82) is 5.26 Å². The summed E-state index contributed by atoms with van der Waals surface area (Å²) in [7, 11) is 0. The molecule has 8 heteroatoms. The minimum absolute atomic E-state index is 0.287. The summed E-state index contributed by atoms with van der Waals surface area (Å²) < 4.78 is 6.75. The van der Waals surface area contributed by atoms with Gasteiger partial charge in [0, 0.05) is 5.92 Å². The standard InChI is InChI=1S/C20H16N4O3S/c21-11-14-8-9-28-19(14)22-18(25)12-27-20(26)17-10-16(13-6-7-13)23-24(17)15-4-2-1-3-5-15/h1-5,8-10,13H,6-7,12H2,(H,22,25). The van der Waals surface area contributed by atoms with Crippen molar-refractivity contribution >= 4 is 28.2 Å². The second kappa shape index (κ2) is 7.66. The van der Waals surface area contributed by atoms with E-state index in [0.717, 1.165) is 24.2 Å². The first-order valence-corrected chi connectivity index (χ1v) is 9.63. The fourth-order valence-electron chi connectivity index (χ4n) is 2.75. The highest BCUT2D eigenvalue weighted by Crippen LogP contribution is 2.39. The van der Waals surface area contributed by atoms with Crippen LogP contribution in [-0.4, -0.2) is 28.3 Å². The van der Waals surface area contributed by atoms with Crippen molar-refractivity contribution in [3.63, 3.8) is 0 Å². The molecule has 0 bridgehead atoms. The van der Waals surface area contributed by atoms with Crippen LogP contribution in [0.1, 0.15) is 40.5 Å². The van der Waals surface area contributed by atoms with Crippen molar-refractivity contribution in [3.05, 3.63) is 64.8 Å². The molecule has 1 amide bonds. The second-order valence-corrected chi connectivity index (χ2v) is 7.29. The number of nitriles is 1. The second-order valence-electron chi connectivity index (χ2n) is 6.38. The van der Waals surface area contributed by atoms with Crippen LogP contribution >= 0.6 is 11.3 Å². The first-order valence-electron chi connectivity index (χ1n) is 8.75. The van der Waals surface area contributed by atoms with E-state index in [1.165, 1.54) is 11.3 Å². The molecule has 0 unspecified atom stereocenters. The van der Waals surface area contributed by atoms with E-state index in [1.54, 1.807) is 22.2 Å². The molecule has 1 aromatic carbocycles. The Morgan fingerprint density at radius 3 is 2.79 bits per heavy atom. The Bertz CT molecular complexity index is 1060. The normalized spacial score (nSPS) is 13.0. The van der Waals surface area contributed by atoms with Crippen LogP contribution in [0.5, 0.6) is 0 Å². The van der Waals surface area contributed by atoms with Gasteiger partial charge in [-0.05, 0) is 42.5 Å². The summed E-state index contributed by atoms with van der Waals surface area (Å²) in [6, 6.07) is 14.7. The van der Waals surface area contributed by atoms with Gasteiger partial charge in [-0.2, -0.15) is 10.4 Å². The van der Waals surface area contributed by atoms with Crippen molar-refractivity contribution in [2.45, 2.75) is 18.8 Å². The lowest BCUT2D eigenvalue weighted by atomic mass is 10.2. The highest BCUT2D eigenvalue weighted by molar-refractivity contribution is 7.14. The molecule has 0 spiro atoms. The van der Waals surface area contributed by atoms with Gasteiger partial charge < -0.3 is 10.1 Å². The highest BCUT2D eigenvalue weighted by atomic mass is 32.1. The molecule has 0 aliphatic heterocycles. The number of anilines is 1. The van der Waals surface area contributed by atoms with Crippen molar-refractivity contribution in [2.24, 2.45) is 0 Å². The van der Waals surface area contributed by atoms with E-state index in [-0.39, 0.29) is 5.69 Å². The average molecular weight is 392 g/mol. The van der Waals surface area contributed by atoms with Gasteiger partial charge in [-0.25, -0.2) is 9.48 Å². The van der Waals surface area contributed by atoms with Crippen LogP contribution in [0.15, 0.2) is 47.8 Å². The summed E-state index contributed by atoms with van der Waals surface area (Å²) >= 11 is 1.24. The number of rotatable bonds is 6. The minimum Gasteiger partial charge on any atom is -0.451 e. The maximum absolute atomic E-state index is 12.6. The topological polar surface area (TPSA) is 97.0 Å². The van der Waals surface area contributed by atoms with Gasteiger partial charge >= 0.3 is 5.97 Å². The summed E-state index contributed by atoms with van der Waals surface area (Å²) in [4.78, 5) is 24.7. The number of ether oxygens (including phenoxy) is 1. The number of para-hydroxylation sites is 1. The minimum atomic E-state index is -0.620. The Morgan fingerprint density at radius 1 is 1.29 bits per heavy atom. The van der Waals surface area contributed by atoms with Gasteiger partial charge in [-0.1, -0.05) is 18.2 Å². The predicted octanol–water partition coefficient (Wildman–Crippen LogP) is 3.48. The maximum atomic E-state index is 12.6. The number of hydrogen-bond acceptors (Lipinski definition) is 6. The number of nitrogens with one attached hydrogen (secondary N) is 1. The Hall–Kier alpha value is -3.44. The zero-order valence-corrected chi connectivity index (χ0v) is 15.6. The predicted molar refractivity (Wildman–Crippen MR) is 103 cm³/mol. The van der Waals surface area contributed by atoms with Crippen molar-refractivity contribution in [3.8, 4) is 11.8 Å². The van der Waals surface area contributed by atoms with Crippen molar-refractivity contribution in [1.82, 2.24) is 9.78 Å². The molecule has 0 saturated heterocycles. The van der Waals surface area contributed by atoms with E-state index in [4.69, 9.17) is 10.00 Å². The van der Waals surface area contributed by atoms with Gasteiger partial charge in [-0.15, -0.1) is 11.3 Å². The third kappa shape index (κ3) is 3.80. The van der Waals surface area contributed by atoms with Crippen molar-refractivity contribution in [2.75, 3.05) is 11.9 Å². The van der Waals surface area contributed by atoms with Crippen LogP contribution in [0.2, 0.25) is 0 Å². The smallest absolute Gasteiger partial charge is 0.357 e. The lowest BCUT2D eigenvalue weighted by Gasteiger charge is -2.08. The molecular formula is C20H16N4O3S. The molecule has 28 heavy (non-hydrogen) atoms. The van der Waals surface area contributed by atoms with Crippen LogP contribution in [0, 0.1) is 11.3 Å². The van der Waals surface area contributed by atoms with Crippen LogP contribution < -0.4 is 5.32 Å². The summed E-state index contributed by atoms with van der Waals surface area (Å²) in [5.41, 5.74) is 2.27. The zero-order valence-electron chi connectivity index (χ0n) is 14.8. The Labute approximate surface area is 165 Å². The number of carbonyl (C=O) groups excluding carboxylic acids is 2. The van der Waals surface area contributed by atoms with Crippen molar-refractivity contribution < 1.29 is 14.3 Å². The van der Waals surface area contributed by atoms with Gasteiger partial charge in [0.15, 0.2) is 12.3 Å². The number of nitrogens with zero attached hydrogens (tertiary/aromatic N) is 3. The molecular weight excluding hydrogens is 376 g/mol. The fourth-order valence-corrected chi connectivity index (χ4v) is 3.50. The first-order chi connectivity index (χ1) is 13.7. The van der Waals surface area contributed by atoms with Gasteiger partial charge in [0.25, 0.3) is 5.91 Å². The molecule has 1 aliphatic carbocycles. The Kier molecular flexibility index (Phi) is 4.91. The number of thiophene rings is 1. The molecule has 7 nitrogen and oxygen atoms in total. The Morgan fingerprint density at radius 2 is 2.07 bits per heavy atom. The molecule has 1 aliphatic rings. The average Bonchev–Trinajstić information content (AvgIpc) is 3.31. The summed E-state index contributed by atoms with van der Waals surface area (Å²) in [6.07, 6.45) is 2.12.